The highest BCUT2D eigenvalue weighted by molar-refractivity contribution is 7.90. The number of aromatic nitrogens is 2. The van der Waals surface area contributed by atoms with E-state index in [2.05, 4.69) is 16.0 Å². The Morgan fingerprint density at radius 2 is 1.70 bits per heavy atom. The van der Waals surface area contributed by atoms with Gasteiger partial charge in [-0.05, 0) is 77.2 Å². The predicted molar refractivity (Wildman–Crippen MR) is 142 cm³/mol. The SMILES string of the molecule is CS(=O)(=O)c1ccc(CC(=O)N2CC=C(c3c[nH]c(-c4ccc(F)cc4)c3-c3ccncc3)CC2)cc1. The third kappa shape index (κ3) is 5.39. The number of hydrogen-bond acceptors (Lipinski definition) is 4. The van der Waals surface area contributed by atoms with Gasteiger partial charge in [-0.3, -0.25) is 9.78 Å². The van der Waals surface area contributed by atoms with Crippen molar-refractivity contribution in [2.75, 3.05) is 19.3 Å². The molecule has 1 aliphatic heterocycles. The first-order valence-corrected chi connectivity index (χ1v) is 13.8. The van der Waals surface area contributed by atoms with Crippen molar-refractivity contribution in [3.05, 3.63) is 102 Å². The number of carbonyl (C=O) groups is 1. The topological polar surface area (TPSA) is 83.1 Å². The molecule has 0 unspecified atom stereocenters. The number of halogens is 1. The van der Waals surface area contributed by atoms with Gasteiger partial charge in [-0.1, -0.05) is 18.2 Å². The number of rotatable bonds is 6. The first-order chi connectivity index (χ1) is 17.8. The minimum atomic E-state index is -3.27. The lowest BCUT2D eigenvalue weighted by Crippen LogP contribution is -2.35. The monoisotopic (exact) mass is 515 g/mol. The molecule has 5 rings (SSSR count). The van der Waals surface area contributed by atoms with Gasteiger partial charge in [0, 0.05) is 49.1 Å². The lowest BCUT2D eigenvalue weighted by molar-refractivity contribution is -0.130. The van der Waals surface area contributed by atoms with Crippen LogP contribution in [0.15, 0.2) is 90.2 Å². The van der Waals surface area contributed by atoms with E-state index in [9.17, 15) is 17.6 Å². The maximum atomic E-state index is 13.5. The van der Waals surface area contributed by atoms with Crippen molar-refractivity contribution in [2.24, 2.45) is 0 Å². The molecule has 1 amide bonds. The lowest BCUT2D eigenvalue weighted by Gasteiger charge is -2.27. The second-order valence-electron chi connectivity index (χ2n) is 9.11. The summed E-state index contributed by atoms with van der Waals surface area (Å²) < 4.78 is 36.9. The van der Waals surface area contributed by atoms with Gasteiger partial charge in [-0.15, -0.1) is 0 Å². The molecule has 0 bridgehead atoms. The van der Waals surface area contributed by atoms with Crippen molar-refractivity contribution in [1.82, 2.24) is 14.9 Å². The summed E-state index contributed by atoms with van der Waals surface area (Å²) in [7, 11) is -3.27. The van der Waals surface area contributed by atoms with Crippen LogP contribution in [-0.2, 0) is 21.1 Å². The molecular formula is C29H26FN3O3S. The van der Waals surface area contributed by atoms with E-state index >= 15 is 0 Å². The third-order valence-electron chi connectivity index (χ3n) is 6.60. The molecule has 0 aliphatic carbocycles. The molecule has 6 nitrogen and oxygen atoms in total. The van der Waals surface area contributed by atoms with Gasteiger partial charge < -0.3 is 9.88 Å². The number of nitrogens with one attached hydrogen (secondary N) is 1. The number of pyridine rings is 1. The van der Waals surface area contributed by atoms with Gasteiger partial charge in [0.1, 0.15) is 5.82 Å². The average molecular weight is 516 g/mol. The molecule has 0 saturated carbocycles. The Morgan fingerprint density at radius 3 is 2.32 bits per heavy atom. The van der Waals surface area contributed by atoms with Gasteiger partial charge in [0.05, 0.1) is 17.0 Å². The van der Waals surface area contributed by atoms with Crippen LogP contribution in [0.5, 0.6) is 0 Å². The Hall–Kier alpha value is -4.04. The molecule has 1 aliphatic rings. The standard InChI is InChI=1S/C29H26FN3O3S/c1-37(35,36)25-8-2-20(3-9-25)18-27(34)33-16-12-21(13-17-33)26-19-32-29(23-4-6-24(30)7-5-23)28(26)22-10-14-31-15-11-22/h2-12,14-15,19,32H,13,16-18H2,1H3. The van der Waals surface area contributed by atoms with Crippen LogP contribution in [0.25, 0.3) is 28.0 Å². The minimum absolute atomic E-state index is 0.00201. The number of aromatic amines is 1. The zero-order valence-corrected chi connectivity index (χ0v) is 21.1. The fourth-order valence-corrected chi connectivity index (χ4v) is 5.25. The first-order valence-electron chi connectivity index (χ1n) is 11.9. The van der Waals surface area contributed by atoms with Crippen LogP contribution in [-0.4, -0.2) is 48.5 Å². The zero-order chi connectivity index (χ0) is 26.0. The van der Waals surface area contributed by atoms with Gasteiger partial charge in [0.2, 0.25) is 5.91 Å². The lowest BCUT2D eigenvalue weighted by atomic mass is 9.92. The molecule has 3 heterocycles. The second-order valence-corrected chi connectivity index (χ2v) is 11.1. The van der Waals surface area contributed by atoms with E-state index in [0.29, 0.717) is 19.5 Å². The number of amides is 1. The van der Waals surface area contributed by atoms with E-state index in [1.54, 1.807) is 36.7 Å². The molecule has 37 heavy (non-hydrogen) atoms. The molecule has 188 valence electrons. The van der Waals surface area contributed by atoms with Gasteiger partial charge in [0.25, 0.3) is 0 Å². The van der Waals surface area contributed by atoms with E-state index in [1.807, 2.05) is 23.2 Å². The molecule has 0 spiro atoms. The van der Waals surface area contributed by atoms with Crippen molar-refractivity contribution in [1.29, 1.82) is 0 Å². The van der Waals surface area contributed by atoms with Crippen molar-refractivity contribution >= 4 is 21.3 Å². The Kier molecular flexibility index (Phi) is 6.76. The molecular weight excluding hydrogens is 489 g/mol. The molecule has 2 aromatic heterocycles. The molecule has 0 atom stereocenters. The molecule has 8 heteroatoms. The Labute approximate surface area is 215 Å². The van der Waals surface area contributed by atoms with Crippen LogP contribution in [0.4, 0.5) is 4.39 Å². The van der Waals surface area contributed by atoms with Gasteiger partial charge in [-0.2, -0.15) is 0 Å². The van der Waals surface area contributed by atoms with E-state index in [0.717, 1.165) is 45.3 Å². The highest BCUT2D eigenvalue weighted by Gasteiger charge is 2.23. The van der Waals surface area contributed by atoms with E-state index in [1.165, 1.54) is 24.3 Å². The van der Waals surface area contributed by atoms with Crippen molar-refractivity contribution < 1.29 is 17.6 Å². The second kappa shape index (κ2) is 10.1. The Morgan fingerprint density at radius 1 is 1.00 bits per heavy atom. The zero-order valence-electron chi connectivity index (χ0n) is 20.3. The fourth-order valence-electron chi connectivity index (χ4n) is 4.62. The maximum Gasteiger partial charge on any atom is 0.227 e. The summed E-state index contributed by atoms with van der Waals surface area (Å²) in [6.45, 7) is 1.07. The number of sulfone groups is 1. The van der Waals surface area contributed by atoms with Crippen LogP contribution in [0.1, 0.15) is 17.5 Å². The molecule has 0 saturated heterocycles. The normalized spacial score (nSPS) is 13.9. The van der Waals surface area contributed by atoms with Crippen LogP contribution in [0.2, 0.25) is 0 Å². The first kappa shape index (κ1) is 24.6. The van der Waals surface area contributed by atoms with Crippen LogP contribution in [0, 0.1) is 5.82 Å². The Balaban J connectivity index is 1.37. The summed E-state index contributed by atoms with van der Waals surface area (Å²) >= 11 is 0. The van der Waals surface area contributed by atoms with Crippen LogP contribution >= 0.6 is 0 Å². The van der Waals surface area contributed by atoms with Gasteiger partial charge in [-0.25, -0.2) is 12.8 Å². The largest absolute Gasteiger partial charge is 0.360 e. The predicted octanol–water partition coefficient (Wildman–Crippen LogP) is 5.14. The number of H-pyrrole nitrogens is 1. The molecule has 1 N–H and O–H groups in total. The van der Waals surface area contributed by atoms with Gasteiger partial charge >= 0.3 is 0 Å². The van der Waals surface area contributed by atoms with E-state index in [-0.39, 0.29) is 23.0 Å². The summed E-state index contributed by atoms with van der Waals surface area (Å²) in [5.41, 5.74) is 6.77. The Bertz CT molecular complexity index is 1560. The highest BCUT2D eigenvalue weighted by Crippen LogP contribution is 2.39. The smallest absolute Gasteiger partial charge is 0.227 e. The maximum absolute atomic E-state index is 13.5. The summed E-state index contributed by atoms with van der Waals surface area (Å²) in [6.07, 6.45) is 9.62. The summed E-state index contributed by atoms with van der Waals surface area (Å²) in [5.74, 6) is -0.287. The molecule has 2 aromatic carbocycles. The quantitative estimate of drug-likeness (QED) is 0.385. The number of carbonyl (C=O) groups excluding carboxylic acids is 1. The average Bonchev–Trinajstić information content (AvgIpc) is 3.35. The van der Waals surface area contributed by atoms with Gasteiger partial charge in [0.15, 0.2) is 9.84 Å². The van der Waals surface area contributed by atoms with E-state index in [4.69, 9.17) is 0 Å². The van der Waals surface area contributed by atoms with Crippen LogP contribution in [0.3, 0.4) is 0 Å². The molecule has 0 fully saturated rings. The number of hydrogen-bond donors (Lipinski definition) is 1. The van der Waals surface area contributed by atoms with Crippen molar-refractivity contribution in [3.63, 3.8) is 0 Å². The molecule has 0 radical (unpaired) electrons. The van der Waals surface area contributed by atoms with E-state index < -0.39 is 9.84 Å². The summed E-state index contributed by atoms with van der Waals surface area (Å²) in [5, 5.41) is 0. The summed E-state index contributed by atoms with van der Waals surface area (Å²) in [6, 6.07) is 16.8. The van der Waals surface area contributed by atoms with Crippen molar-refractivity contribution in [3.8, 4) is 22.4 Å². The third-order valence-corrected chi connectivity index (χ3v) is 7.73. The highest BCUT2D eigenvalue weighted by atomic mass is 32.2. The van der Waals surface area contributed by atoms with Crippen LogP contribution < -0.4 is 0 Å². The fraction of sp³-hybridized carbons (Fsp3) is 0.172. The molecule has 4 aromatic rings. The number of nitrogens with zero attached hydrogens (tertiary/aromatic N) is 2. The summed E-state index contributed by atoms with van der Waals surface area (Å²) in [4.78, 5) is 22.5. The van der Waals surface area contributed by atoms with Crippen molar-refractivity contribution in [2.45, 2.75) is 17.7 Å². The minimum Gasteiger partial charge on any atom is -0.360 e. The number of benzene rings is 2.